The van der Waals surface area contributed by atoms with Crippen molar-refractivity contribution >= 4 is 28.4 Å². The molecule has 0 atom stereocenters. The molecule has 0 spiro atoms. The van der Waals surface area contributed by atoms with Gasteiger partial charge in [-0.15, -0.1) is 0 Å². The molecule has 0 aliphatic rings. The summed E-state index contributed by atoms with van der Waals surface area (Å²) in [5.41, 5.74) is 8.20. The number of nitrogen functional groups attached to an aromatic ring is 1. The van der Waals surface area contributed by atoms with Crippen LogP contribution in [0.15, 0.2) is 42.5 Å². The highest BCUT2D eigenvalue weighted by atomic mass is 19.1. The van der Waals surface area contributed by atoms with Crippen LogP contribution >= 0.6 is 0 Å². The van der Waals surface area contributed by atoms with Crippen LogP contribution in [0.4, 0.5) is 21.7 Å². The molecule has 0 bridgehead atoms. The number of benzene rings is 2. The van der Waals surface area contributed by atoms with Crippen molar-refractivity contribution in [3.05, 3.63) is 59.7 Å². The maximum absolute atomic E-state index is 14.6. The minimum absolute atomic E-state index is 0.0624. The number of nitrogens with zero attached hydrogens (tertiary/aromatic N) is 5. The molecule has 144 valence electrons. The number of ether oxygens (including phenoxy) is 1. The molecule has 0 fully saturated rings. The Balaban J connectivity index is 1.80. The molecule has 0 unspecified atom stereocenters. The lowest BCUT2D eigenvalue weighted by molar-refractivity contribution is 0.415. The number of hydrogen-bond acceptors (Lipinski definition) is 7. The largest absolute Gasteiger partial charge is 0.497 e. The summed E-state index contributed by atoms with van der Waals surface area (Å²) >= 11 is 0. The maximum Gasteiger partial charge on any atom is 0.239 e. The van der Waals surface area contributed by atoms with Crippen LogP contribution in [0.3, 0.4) is 0 Å². The van der Waals surface area contributed by atoms with Gasteiger partial charge in [-0.05, 0) is 49.4 Å². The third kappa shape index (κ3) is 3.27. The van der Waals surface area contributed by atoms with E-state index in [1.807, 2.05) is 0 Å². The van der Waals surface area contributed by atoms with Crippen LogP contribution in [0.5, 0.6) is 5.75 Å². The Morgan fingerprint density at radius 1 is 1.14 bits per heavy atom. The zero-order valence-corrected chi connectivity index (χ0v) is 15.6. The molecule has 2 aromatic heterocycles. The molecule has 4 rings (SSSR count). The van der Waals surface area contributed by atoms with Crippen LogP contribution in [-0.2, 0) is 0 Å². The number of aromatic nitrogens is 4. The average Bonchev–Trinajstić information content (AvgIpc) is 3.06. The smallest absolute Gasteiger partial charge is 0.239 e. The van der Waals surface area contributed by atoms with E-state index >= 15 is 0 Å². The molecule has 2 heterocycles. The number of nitrogens with two attached hydrogens (primary N) is 1. The Morgan fingerprint density at radius 2 is 1.90 bits per heavy atom. The second-order valence-electron chi connectivity index (χ2n) is 6.23. The van der Waals surface area contributed by atoms with E-state index in [9.17, 15) is 4.39 Å². The Labute approximate surface area is 165 Å². The summed E-state index contributed by atoms with van der Waals surface area (Å²) in [5, 5.41) is 12.0. The maximum atomic E-state index is 14.6. The predicted molar refractivity (Wildman–Crippen MR) is 107 cm³/mol. The fourth-order valence-electron chi connectivity index (χ4n) is 2.97. The van der Waals surface area contributed by atoms with Crippen LogP contribution in [-0.4, -0.2) is 26.6 Å². The molecule has 0 aliphatic carbocycles. The number of nitriles is 1. The number of aryl methyl sites for hydroxylation is 1. The van der Waals surface area contributed by atoms with E-state index in [2.05, 4.69) is 26.3 Å². The first-order chi connectivity index (χ1) is 14.0. The molecule has 8 nitrogen and oxygen atoms in total. The third-order valence-electron chi connectivity index (χ3n) is 4.37. The molecule has 0 saturated heterocycles. The molecule has 4 aromatic rings. The summed E-state index contributed by atoms with van der Waals surface area (Å²) in [5.74, 6) is 0.323. The molecule has 0 radical (unpaired) electrons. The molecular formula is C20H16FN7O. The van der Waals surface area contributed by atoms with Gasteiger partial charge in [0.05, 0.1) is 29.8 Å². The first kappa shape index (κ1) is 18.2. The normalized spacial score (nSPS) is 10.7. The van der Waals surface area contributed by atoms with Crippen LogP contribution in [0, 0.1) is 24.1 Å². The summed E-state index contributed by atoms with van der Waals surface area (Å²) in [4.78, 5) is 12.9. The number of halogens is 1. The molecule has 9 heteroatoms. The standard InChI is InChI=1S/C20H16FN7O/c1-11-24-15-9-12(10-22)3-8-16(15)28(11)20-26-18(23)17(21)19(27-20)25-13-4-6-14(29-2)7-5-13/h3-9H,1-2H3,(H3,23,25,26,27). The van der Waals surface area contributed by atoms with E-state index in [0.717, 1.165) is 0 Å². The molecule has 0 saturated carbocycles. The number of hydrogen-bond donors (Lipinski definition) is 2. The first-order valence-electron chi connectivity index (χ1n) is 8.64. The Morgan fingerprint density at radius 3 is 2.59 bits per heavy atom. The molecule has 0 aliphatic heterocycles. The van der Waals surface area contributed by atoms with Gasteiger partial charge in [-0.1, -0.05) is 0 Å². The quantitative estimate of drug-likeness (QED) is 0.549. The van der Waals surface area contributed by atoms with Gasteiger partial charge in [0, 0.05) is 5.69 Å². The summed E-state index contributed by atoms with van der Waals surface area (Å²) in [6.45, 7) is 1.77. The van der Waals surface area contributed by atoms with Crippen molar-refractivity contribution in [1.29, 1.82) is 5.26 Å². The van der Waals surface area contributed by atoms with Crippen LogP contribution in [0.2, 0.25) is 0 Å². The van der Waals surface area contributed by atoms with Gasteiger partial charge in [0.15, 0.2) is 11.6 Å². The van der Waals surface area contributed by atoms with Crippen LogP contribution in [0.25, 0.3) is 17.0 Å². The van der Waals surface area contributed by atoms with Crippen LogP contribution < -0.4 is 15.8 Å². The summed E-state index contributed by atoms with van der Waals surface area (Å²) in [7, 11) is 1.57. The number of rotatable bonds is 4. The summed E-state index contributed by atoms with van der Waals surface area (Å²) in [6, 6.07) is 14.1. The van der Waals surface area contributed by atoms with Crippen molar-refractivity contribution < 1.29 is 9.13 Å². The van der Waals surface area contributed by atoms with Gasteiger partial charge >= 0.3 is 0 Å². The van der Waals surface area contributed by atoms with Crippen molar-refractivity contribution in [3.8, 4) is 17.8 Å². The van der Waals surface area contributed by atoms with Gasteiger partial charge in [0.2, 0.25) is 11.8 Å². The average molecular weight is 389 g/mol. The van der Waals surface area contributed by atoms with E-state index in [0.29, 0.717) is 33.9 Å². The molecule has 2 aromatic carbocycles. The zero-order chi connectivity index (χ0) is 20.5. The first-order valence-corrected chi connectivity index (χ1v) is 8.64. The third-order valence-corrected chi connectivity index (χ3v) is 4.37. The minimum atomic E-state index is -0.751. The lowest BCUT2D eigenvalue weighted by atomic mass is 10.2. The second kappa shape index (κ2) is 7.09. The van der Waals surface area contributed by atoms with Gasteiger partial charge < -0.3 is 15.8 Å². The Hall–Kier alpha value is -4.19. The monoisotopic (exact) mass is 389 g/mol. The summed E-state index contributed by atoms with van der Waals surface area (Å²) < 4.78 is 21.4. The molecule has 0 amide bonds. The number of methoxy groups -OCH3 is 1. The highest BCUT2D eigenvalue weighted by Crippen LogP contribution is 2.26. The van der Waals surface area contributed by atoms with Crippen molar-refractivity contribution in [2.45, 2.75) is 6.92 Å². The predicted octanol–water partition coefficient (Wildman–Crippen LogP) is 3.47. The van der Waals surface area contributed by atoms with E-state index in [-0.39, 0.29) is 17.6 Å². The fourth-order valence-corrected chi connectivity index (χ4v) is 2.97. The Bertz CT molecular complexity index is 1260. The van der Waals surface area contributed by atoms with E-state index in [1.165, 1.54) is 0 Å². The van der Waals surface area contributed by atoms with Crippen molar-refractivity contribution in [2.24, 2.45) is 0 Å². The fraction of sp³-hybridized carbons (Fsp3) is 0.100. The lowest BCUT2D eigenvalue weighted by Crippen LogP contribution is -2.10. The molecular weight excluding hydrogens is 373 g/mol. The van der Waals surface area contributed by atoms with Gasteiger partial charge in [-0.2, -0.15) is 19.6 Å². The highest BCUT2D eigenvalue weighted by molar-refractivity contribution is 5.79. The van der Waals surface area contributed by atoms with Crippen LogP contribution in [0.1, 0.15) is 11.4 Å². The minimum Gasteiger partial charge on any atom is -0.497 e. The Kier molecular flexibility index (Phi) is 4.44. The van der Waals surface area contributed by atoms with Crippen molar-refractivity contribution in [2.75, 3.05) is 18.2 Å². The summed E-state index contributed by atoms with van der Waals surface area (Å²) in [6.07, 6.45) is 0. The van der Waals surface area contributed by atoms with E-state index < -0.39 is 5.82 Å². The lowest BCUT2D eigenvalue weighted by Gasteiger charge is -2.12. The molecule has 29 heavy (non-hydrogen) atoms. The van der Waals surface area contributed by atoms with E-state index in [4.69, 9.17) is 15.7 Å². The van der Waals surface area contributed by atoms with Crippen molar-refractivity contribution in [3.63, 3.8) is 0 Å². The van der Waals surface area contributed by atoms with E-state index in [1.54, 1.807) is 61.1 Å². The SMILES string of the molecule is COc1ccc(Nc2nc(-n3c(C)nc4cc(C#N)ccc43)nc(N)c2F)cc1. The number of anilines is 3. The van der Waals surface area contributed by atoms with Gasteiger partial charge in [-0.3, -0.25) is 4.57 Å². The molecule has 3 N–H and O–H groups in total. The second-order valence-corrected chi connectivity index (χ2v) is 6.23. The zero-order valence-electron chi connectivity index (χ0n) is 15.6. The number of nitrogens with one attached hydrogen (secondary N) is 1. The highest BCUT2D eigenvalue weighted by Gasteiger charge is 2.18. The van der Waals surface area contributed by atoms with Gasteiger partial charge in [0.1, 0.15) is 11.6 Å². The number of fused-ring (bicyclic) bond motifs is 1. The van der Waals surface area contributed by atoms with Gasteiger partial charge in [0.25, 0.3) is 0 Å². The van der Waals surface area contributed by atoms with Gasteiger partial charge in [-0.25, -0.2) is 4.98 Å². The van der Waals surface area contributed by atoms with Crippen molar-refractivity contribution in [1.82, 2.24) is 19.5 Å². The topological polar surface area (TPSA) is 115 Å². The number of imidazole rings is 1.